The second kappa shape index (κ2) is 6.17. The predicted molar refractivity (Wildman–Crippen MR) is 82.4 cm³/mol. The molecule has 0 aromatic carbocycles. The second-order valence-electron chi connectivity index (χ2n) is 6.59. The van der Waals surface area contributed by atoms with Crippen LogP contribution in [0.3, 0.4) is 0 Å². The maximum Gasteiger partial charge on any atom is 0.343 e. The Bertz CT molecular complexity index is 690. The van der Waals surface area contributed by atoms with E-state index in [1.807, 2.05) is 6.07 Å². The van der Waals surface area contributed by atoms with Crippen LogP contribution in [0, 0.1) is 11.3 Å². The number of carbonyl (C=O) groups excluding carboxylic acids is 1. The van der Waals surface area contributed by atoms with Crippen LogP contribution in [0.25, 0.3) is 0 Å². The summed E-state index contributed by atoms with van der Waals surface area (Å²) in [5.74, 6) is 0.601. The molecule has 0 saturated heterocycles. The van der Waals surface area contributed by atoms with Crippen molar-refractivity contribution in [3.63, 3.8) is 0 Å². The molecule has 3 N–H and O–H groups in total. The summed E-state index contributed by atoms with van der Waals surface area (Å²) >= 11 is 0. The van der Waals surface area contributed by atoms with Crippen LogP contribution in [0.1, 0.15) is 33.4 Å². The number of H-pyrrole nitrogens is 2. The molecular formula is C14H22N6O2. The number of hydrogen-bond acceptors (Lipinski definition) is 4. The SMILES string of the molecule is C[C@@H](Cc1cc(NC(=O)Cn2cn[nH]c2=O)n[nH]1)C(C)(C)C. The van der Waals surface area contributed by atoms with Gasteiger partial charge < -0.3 is 5.32 Å². The fourth-order valence-corrected chi connectivity index (χ4v) is 1.89. The summed E-state index contributed by atoms with van der Waals surface area (Å²) in [5, 5.41) is 15.5. The zero-order valence-electron chi connectivity index (χ0n) is 13.3. The highest BCUT2D eigenvalue weighted by Crippen LogP contribution is 2.28. The molecule has 0 aliphatic carbocycles. The number of carbonyl (C=O) groups is 1. The molecular weight excluding hydrogens is 284 g/mol. The van der Waals surface area contributed by atoms with Gasteiger partial charge in [-0.3, -0.25) is 14.5 Å². The molecule has 8 nitrogen and oxygen atoms in total. The molecule has 22 heavy (non-hydrogen) atoms. The number of amides is 1. The fourth-order valence-electron chi connectivity index (χ4n) is 1.89. The first-order valence-electron chi connectivity index (χ1n) is 7.19. The highest BCUT2D eigenvalue weighted by molar-refractivity contribution is 5.89. The summed E-state index contributed by atoms with van der Waals surface area (Å²) in [6.45, 7) is 8.67. The Balaban J connectivity index is 1.93. The number of nitrogens with one attached hydrogen (secondary N) is 3. The van der Waals surface area contributed by atoms with Crippen LogP contribution in [0.4, 0.5) is 5.82 Å². The van der Waals surface area contributed by atoms with Crippen molar-refractivity contribution >= 4 is 11.7 Å². The topological polar surface area (TPSA) is 108 Å². The summed E-state index contributed by atoms with van der Waals surface area (Å²) in [6, 6.07) is 1.82. The normalized spacial score (nSPS) is 13.1. The first kappa shape index (κ1) is 16.0. The molecule has 8 heteroatoms. The Hall–Kier alpha value is -2.38. The van der Waals surface area contributed by atoms with Gasteiger partial charge in [-0.1, -0.05) is 27.7 Å². The van der Waals surface area contributed by atoms with E-state index in [1.54, 1.807) is 0 Å². The van der Waals surface area contributed by atoms with Crippen molar-refractivity contribution in [2.24, 2.45) is 11.3 Å². The van der Waals surface area contributed by atoms with Crippen molar-refractivity contribution in [3.05, 3.63) is 28.6 Å². The van der Waals surface area contributed by atoms with E-state index in [1.165, 1.54) is 10.9 Å². The van der Waals surface area contributed by atoms with Gasteiger partial charge in [-0.2, -0.15) is 10.2 Å². The van der Waals surface area contributed by atoms with E-state index >= 15 is 0 Å². The maximum absolute atomic E-state index is 11.9. The van der Waals surface area contributed by atoms with Gasteiger partial charge in [-0.15, -0.1) is 0 Å². The monoisotopic (exact) mass is 306 g/mol. The van der Waals surface area contributed by atoms with Gasteiger partial charge >= 0.3 is 5.69 Å². The van der Waals surface area contributed by atoms with Gasteiger partial charge in [0, 0.05) is 11.8 Å². The lowest BCUT2D eigenvalue weighted by atomic mass is 9.79. The molecule has 2 heterocycles. The van der Waals surface area contributed by atoms with E-state index in [0.29, 0.717) is 11.7 Å². The molecule has 0 fully saturated rings. The second-order valence-corrected chi connectivity index (χ2v) is 6.59. The van der Waals surface area contributed by atoms with Gasteiger partial charge in [0.2, 0.25) is 5.91 Å². The Labute approximate surface area is 128 Å². The summed E-state index contributed by atoms with van der Waals surface area (Å²) in [5.41, 5.74) is 0.756. The molecule has 0 saturated carbocycles. The number of hydrogen-bond donors (Lipinski definition) is 3. The van der Waals surface area contributed by atoms with Crippen molar-refractivity contribution < 1.29 is 4.79 Å². The molecule has 0 aliphatic heterocycles. The predicted octanol–water partition coefficient (Wildman–Crippen LogP) is 1.16. The third kappa shape index (κ3) is 4.06. The maximum atomic E-state index is 11.9. The van der Waals surface area contributed by atoms with E-state index in [9.17, 15) is 9.59 Å². The van der Waals surface area contributed by atoms with Crippen LogP contribution in [0.5, 0.6) is 0 Å². The average Bonchev–Trinajstić information content (AvgIpc) is 2.99. The highest BCUT2D eigenvalue weighted by atomic mass is 16.2. The van der Waals surface area contributed by atoms with E-state index in [0.717, 1.165) is 12.1 Å². The molecule has 1 atom stereocenters. The van der Waals surface area contributed by atoms with E-state index in [2.05, 4.69) is 53.4 Å². The Morgan fingerprint density at radius 3 is 2.73 bits per heavy atom. The lowest BCUT2D eigenvalue weighted by Crippen LogP contribution is -2.25. The third-order valence-electron chi connectivity index (χ3n) is 3.84. The number of aromatic amines is 2. The van der Waals surface area contributed by atoms with Crippen molar-refractivity contribution in [2.45, 2.75) is 40.7 Å². The minimum absolute atomic E-state index is 0.101. The summed E-state index contributed by atoms with van der Waals surface area (Å²) in [6.07, 6.45) is 2.14. The molecule has 2 rings (SSSR count). The van der Waals surface area contributed by atoms with Crippen LogP contribution in [-0.4, -0.2) is 30.9 Å². The summed E-state index contributed by atoms with van der Waals surface area (Å²) in [7, 11) is 0. The standard InChI is InChI=1S/C14H22N6O2/c1-9(14(2,3)4)5-10-6-11(18-17-10)16-12(21)7-20-8-15-19-13(20)22/h6,8-9H,5,7H2,1-4H3,(H,19,22)(H2,16,17,18,21)/t9-/m0/s1. The first-order chi connectivity index (χ1) is 10.3. The smallest absolute Gasteiger partial charge is 0.308 e. The van der Waals surface area contributed by atoms with Gasteiger partial charge in [0.1, 0.15) is 12.9 Å². The molecule has 0 spiro atoms. The number of rotatable bonds is 5. The number of nitrogens with zero attached hydrogens (tertiary/aromatic N) is 3. The van der Waals surface area contributed by atoms with Crippen LogP contribution < -0.4 is 11.0 Å². The number of aromatic nitrogens is 5. The quantitative estimate of drug-likeness (QED) is 0.770. The van der Waals surface area contributed by atoms with Crippen molar-refractivity contribution in [2.75, 3.05) is 5.32 Å². The van der Waals surface area contributed by atoms with Gasteiger partial charge in [0.05, 0.1) is 0 Å². The summed E-state index contributed by atoms with van der Waals surface area (Å²) in [4.78, 5) is 23.1. The van der Waals surface area contributed by atoms with E-state index in [-0.39, 0.29) is 17.9 Å². The number of anilines is 1. The van der Waals surface area contributed by atoms with Crippen LogP contribution in [0.2, 0.25) is 0 Å². The third-order valence-corrected chi connectivity index (χ3v) is 3.84. The Kier molecular flexibility index (Phi) is 4.48. The van der Waals surface area contributed by atoms with Crippen LogP contribution >= 0.6 is 0 Å². The molecule has 0 bridgehead atoms. The van der Waals surface area contributed by atoms with Crippen LogP contribution in [-0.2, 0) is 17.8 Å². The Morgan fingerprint density at radius 2 is 2.14 bits per heavy atom. The minimum Gasteiger partial charge on any atom is -0.308 e. The summed E-state index contributed by atoms with van der Waals surface area (Å²) < 4.78 is 1.19. The molecule has 0 aliphatic rings. The zero-order valence-corrected chi connectivity index (χ0v) is 13.3. The van der Waals surface area contributed by atoms with Crippen LogP contribution in [0.15, 0.2) is 17.2 Å². The molecule has 0 unspecified atom stereocenters. The first-order valence-corrected chi connectivity index (χ1v) is 7.19. The molecule has 1 amide bonds. The molecule has 2 aromatic rings. The molecule has 2 aromatic heterocycles. The zero-order chi connectivity index (χ0) is 16.3. The minimum atomic E-state index is -0.420. The lowest BCUT2D eigenvalue weighted by molar-refractivity contribution is -0.116. The van der Waals surface area contributed by atoms with Gasteiger partial charge in [-0.25, -0.2) is 9.89 Å². The Morgan fingerprint density at radius 1 is 1.41 bits per heavy atom. The van der Waals surface area contributed by atoms with Gasteiger partial charge in [0.25, 0.3) is 0 Å². The van der Waals surface area contributed by atoms with Crippen molar-refractivity contribution in [1.82, 2.24) is 25.0 Å². The van der Waals surface area contributed by atoms with E-state index in [4.69, 9.17) is 0 Å². The van der Waals surface area contributed by atoms with E-state index < -0.39 is 5.69 Å². The average molecular weight is 306 g/mol. The molecule has 0 radical (unpaired) electrons. The van der Waals surface area contributed by atoms with Crippen molar-refractivity contribution in [3.8, 4) is 0 Å². The fraction of sp³-hybridized carbons (Fsp3) is 0.571. The van der Waals surface area contributed by atoms with Gasteiger partial charge in [0.15, 0.2) is 5.82 Å². The van der Waals surface area contributed by atoms with Gasteiger partial charge in [-0.05, 0) is 17.8 Å². The van der Waals surface area contributed by atoms with Crippen molar-refractivity contribution in [1.29, 1.82) is 0 Å². The lowest BCUT2D eigenvalue weighted by Gasteiger charge is -2.26. The molecule has 120 valence electrons. The largest absolute Gasteiger partial charge is 0.343 e. The highest BCUT2D eigenvalue weighted by Gasteiger charge is 2.21.